The molecule has 1 N–H and O–H groups in total. The summed E-state index contributed by atoms with van der Waals surface area (Å²) in [5.41, 5.74) is 4.13. The van der Waals surface area contributed by atoms with E-state index < -0.39 is 0 Å². The Bertz CT molecular complexity index is 885. The van der Waals surface area contributed by atoms with Gasteiger partial charge in [0.05, 0.1) is 5.56 Å². The second-order valence-electron chi connectivity index (χ2n) is 5.88. The van der Waals surface area contributed by atoms with E-state index in [1.807, 2.05) is 51.1 Å². The summed E-state index contributed by atoms with van der Waals surface area (Å²) in [5, 5.41) is 3.13. The van der Waals surface area contributed by atoms with Crippen LogP contribution in [0.4, 0.5) is 11.6 Å². The SMILES string of the molecule is Cc1ccc(C(=O)Oc2cccc(Nc3nc(C)cc(C)n3)c2)cc1. The molecule has 0 amide bonds. The lowest BCUT2D eigenvalue weighted by Crippen LogP contribution is -2.08. The van der Waals surface area contributed by atoms with E-state index in [1.165, 1.54) is 0 Å². The number of ether oxygens (including phenoxy) is 1. The van der Waals surface area contributed by atoms with Crippen molar-refractivity contribution in [2.75, 3.05) is 5.32 Å². The lowest BCUT2D eigenvalue weighted by Gasteiger charge is -2.09. The van der Waals surface area contributed by atoms with E-state index in [2.05, 4.69) is 15.3 Å². The van der Waals surface area contributed by atoms with E-state index in [9.17, 15) is 4.79 Å². The number of carbonyl (C=O) groups excluding carboxylic acids is 1. The minimum Gasteiger partial charge on any atom is -0.423 e. The Morgan fingerprint density at radius 3 is 2.28 bits per heavy atom. The Morgan fingerprint density at radius 1 is 0.920 bits per heavy atom. The van der Waals surface area contributed by atoms with Gasteiger partial charge >= 0.3 is 5.97 Å². The number of aromatic nitrogens is 2. The molecule has 3 rings (SSSR count). The summed E-state index contributed by atoms with van der Waals surface area (Å²) in [6.07, 6.45) is 0. The molecule has 126 valence electrons. The molecule has 3 aromatic rings. The number of rotatable bonds is 4. The maximum atomic E-state index is 12.2. The summed E-state index contributed by atoms with van der Waals surface area (Å²) < 4.78 is 5.45. The predicted molar refractivity (Wildman–Crippen MR) is 97.4 cm³/mol. The molecule has 0 aliphatic carbocycles. The fourth-order valence-corrected chi connectivity index (χ4v) is 2.40. The van der Waals surface area contributed by atoms with Gasteiger partial charge in [-0.3, -0.25) is 0 Å². The molecule has 5 nitrogen and oxygen atoms in total. The standard InChI is InChI=1S/C20H19N3O2/c1-13-7-9-16(10-8-13)19(24)25-18-6-4-5-17(12-18)23-20-21-14(2)11-15(3)22-20/h4-12H,1-3H3,(H,21,22,23). The fourth-order valence-electron chi connectivity index (χ4n) is 2.40. The Labute approximate surface area is 146 Å². The molecular weight excluding hydrogens is 314 g/mol. The van der Waals surface area contributed by atoms with Crippen LogP contribution in [0.15, 0.2) is 54.6 Å². The zero-order valence-electron chi connectivity index (χ0n) is 14.4. The van der Waals surface area contributed by atoms with Crippen molar-refractivity contribution in [1.82, 2.24) is 9.97 Å². The van der Waals surface area contributed by atoms with Crippen LogP contribution < -0.4 is 10.1 Å². The molecule has 2 aromatic carbocycles. The van der Waals surface area contributed by atoms with Gasteiger partial charge in [0.1, 0.15) is 5.75 Å². The minimum absolute atomic E-state index is 0.389. The second kappa shape index (κ2) is 7.13. The molecule has 5 heteroatoms. The lowest BCUT2D eigenvalue weighted by molar-refractivity contribution is 0.0735. The third-order valence-electron chi connectivity index (χ3n) is 3.57. The number of aryl methyl sites for hydroxylation is 3. The van der Waals surface area contributed by atoms with Gasteiger partial charge in [-0.15, -0.1) is 0 Å². The molecule has 0 aliphatic heterocycles. The molecule has 0 spiro atoms. The number of anilines is 2. The largest absolute Gasteiger partial charge is 0.423 e. The van der Waals surface area contributed by atoms with Gasteiger partial charge in [0.25, 0.3) is 0 Å². The van der Waals surface area contributed by atoms with Crippen molar-refractivity contribution in [2.45, 2.75) is 20.8 Å². The summed E-state index contributed by atoms with van der Waals surface area (Å²) in [6, 6.07) is 16.3. The van der Waals surface area contributed by atoms with Crippen molar-refractivity contribution < 1.29 is 9.53 Å². The van der Waals surface area contributed by atoms with Crippen LogP contribution in [-0.4, -0.2) is 15.9 Å². The smallest absolute Gasteiger partial charge is 0.343 e. The summed E-state index contributed by atoms with van der Waals surface area (Å²) in [7, 11) is 0. The summed E-state index contributed by atoms with van der Waals surface area (Å²) in [5.74, 6) is 0.583. The summed E-state index contributed by atoms with van der Waals surface area (Å²) in [4.78, 5) is 20.9. The van der Waals surface area contributed by atoms with Gasteiger partial charge in [-0.05, 0) is 51.1 Å². The van der Waals surface area contributed by atoms with Crippen LogP contribution in [0, 0.1) is 20.8 Å². The van der Waals surface area contributed by atoms with Crippen LogP contribution in [0.1, 0.15) is 27.3 Å². The molecule has 1 aromatic heterocycles. The first-order valence-corrected chi connectivity index (χ1v) is 7.98. The topological polar surface area (TPSA) is 64.1 Å². The van der Waals surface area contributed by atoms with Crippen LogP contribution >= 0.6 is 0 Å². The Morgan fingerprint density at radius 2 is 1.60 bits per heavy atom. The first-order chi connectivity index (χ1) is 12.0. The number of esters is 1. The van der Waals surface area contributed by atoms with Crippen LogP contribution in [0.5, 0.6) is 5.75 Å². The molecule has 25 heavy (non-hydrogen) atoms. The first-order valence-electron chi connectivity index (χ1n) is 7.98. The van der Waals surface area contributed by atoms with E-state index in [1.54, 1.807) is 24.3 Å². The Balaban J connectivity index is 1.74. The van der Waals surface area contributed by atoms with Crippen molar-refractivity contribution in [3.63, 3.8) is 0 Å². The van der Waals surface area contributed by atoms with E-state index in [0.29, 0.717) is 17.3 Å². The maximum absolute atomic E-state index is 12.2. The average Bonchev–Trinajstić information content (AvgIpc) is 2.54. The van der Waals surface area contributed by atoms with Crippen LogP contribution in [0.2, 0.25) is 0 Å². The maximum Gasteiger partial charge on any atom is 0.343 e. The molecule has 0 fully saturated rings. The average molecular weight is 333 g/mol. The summed E-state index contributed by atoms with van der Waals surface area (Å²) >= 11 is 0. The number of hydrogen-bond acceptors (Lipinski definition) is 5. The second-order valence-corrected chi connectivity index (χ2v) is 5.88. The number of benzene rings is 2. The molecule has 0 atom stereocenters. The van der Waals surface area contributed by atoms with E-state index in [-0.39, 0.29) is 5.97 Å². The Hall–Kier alpha value is -3.21. The van der Waals surface area contributed by atoms with Crippen molar-refractivity contribution in [2.24, 2.45) is 0 Å². The van der Waals surface area contributed by atoms with Crippen molar-refractivity contribution in [3.8, 4) is 5.75 Å². The van der Waals surface area contributed by atoms with Crippen molar-refractivity contribution >= 4 is 17.6 Å². The predicted octanol–water partition coefficient (Wildman–Crippen LogP) is 4.36. The van der Waals surface area contributed by atoms with Gasteiger partial charge in [-0.25, -0.2) is 14.8 Å². The van der Waals surface area contributed by atoms with E-state index in [4.69, 9.17) is 4.74 Å². The number of nitrogens with zero attached hydrogens (tertiary/aromatic N) is 2. The summed E-state index contributed by atoms with van der Waals surface area (Å²) in [6.45, 7) is 5.80. The highest BCUT2D eigenvalue weighted by atomic mass is 16.5. The highest BCUT2D eigenvalue weighted by Crippen LogP contribution is 2.21. The zero-order chi connectivity index (χ0) is 17.8. The molecule has 0 radical (unpaired) electrons. The van der Waals surface area contributed by atoms with Gasteiger partial charge < -0.3 is 10.1 Å². The third kappa shape index (κ3) is 4.41. The highest BCUT2D eigenvalue weighted by Gasteiger charge is 2.09. The van der Waals surface area contributed by atoms with Gasteiger partial charge in [0, 0.05) is 23.1 Å². The third-order valence-corrected chi connectivity index (χ3v) is 3.57. The van der Waals surface area contributed by atoms with Crippen molar-refractivity contribution in [1.29, 1.82) is 0 Å². The Kier molecular flexibility index (Phi) is 4.75. The lowest BCUT2D eigenvalue weighted by atomic mass is 10.1. The molecule has 0 bridgehead atoms. The normalized spacial score (nSPS) is 10.4. The van der Waals surface area contributed by atoms with Gasteiger partial charge in [-0.1, -0.05) is 23.8 Å². The quantitative estimate of drug-likeness (QED) is 0.567. The van der Waals surface area contributed by atoms with E-state index >= 15 is 0 Å². The van der Waals surface area contributed by atoms with Gasteiger partial charge in [0.15, 0.2) is 0 Å². The monoisotopic (exact) mass is 333 g/mol. The van der Waals surface area contributed by atoms with Crippen LogP contribution in [0.25, 0.3) is 0 Å². The number of nitrogens with one attached hydrogen (secondary N) is 1. The minimum atomic E-state index is -0.389. The van der Waals surface area contributed by atoms with E-state index in [0.717, 1.165) is 22.6 Å². The van der Waals surface area contributed by atoms with Gasteiger partial charge in [0.2, 0.25) is 5.95 Å². The molecule has 0 saturated heterocycles. The first kappa shape index (κ1) is 16.6. The molecule has 1 heterocycles. The number of carbonyl (C=O) groups is 1. The van der Waals surface area contributed by atoms with Crippen LogP contribution in [-0.2, 0) is 0 Å². The van der Waals surface area contributed by atoms with Crippen LogP contribution in [0.3, 0.4) is 0 Å². The fraction of sp³-hybridized carbons (Fsp3) is 0.150. The number of hydrogen-bond donors (Lipinski definition) is 1. The molecule has 0 aliphatic rings. The highest BCUT2D eigenvalue weighted by molar-refractivity contribution is 5.91. The van der Waals surface area contributed by atoms with Gasteiger partial charge in [-0.2, -0.15) is 0 Å². The zero-order valence-corrected chi connectivity index (χ0v) is 14.4. The molecule has 0 unspecified atom stereocenters. The molecule has 0 saturated carbocycles. The van der Waals surface area contributed by atoms with Crippen molar-refractivity contribution in [3.05, 3.63) is 77.1 Å². The molecular formula is C20H19N3O2.